The predicted octanol–water partition coefficient (Wildman–Crippen LogP) is 2.89. The molecule has 3 atom stereocenters. The Hall–Kier alpha value is -1.35. The second-order valence-electron chi connectivity index (χ2n) is 6.51. The SMILES string of the molecule is CC1CCCC(CCNC(=O)[C@H](N)Cc2ccccc2)C1. The summed E-state index contributed by atoms with van der Waals surface area (Å²) in [6.07, 6.45) is 7.03. The van der Waals surface area contributed by atoms with Gasteiger partial charge in [-0.2, -0.15) is 0 Å². The van der Waals surface area contributed by atoms with Crippen LogP contribution in [0.4, 0.5) is 0 Å². The molecule has 2 unspecified atom stereocenters. The van der Waals surface area contributed by atoms with Crippen LogP contribution in [0, 0.1) is 11.8 Å². The van der Waals surface area contributed by atoms with Crippen molar-refractivity contribution < 1.29 is 4.79 Å². The number of hydrogen-bond acceptors (Lipinski definition) is 2. The van der Waals surface area contributed by atoms with Gasteiger partial charge in [-0.15, -0.1) is 0 Å². The summed E-state index contributed by atoms with van der Waals surface area (Å²) in [6.45, 7) is 3.10. The van der Waals surface area contributed by atoms with Gasteiger partial charge in [-0.1, -0.05) is 56.5 Å². The Morgan fingerprint density at radius 3 is 2.81 bits per heavy atom. The maximum absolute atomic E-state index is 12.0. The Morgan fingerprint density at radius 2 is 2.10 bits per heavy atom. The summed E-state index contributed by atoms with van der Waals surface area (Å²) < 4.78 is 0. The maximum atomic E-state index is 12.0. The van der Waals surface area contributed by atoms with Crippen LogP contribution in [0.25, 0.3) is 0 Å². The van der Waals surface area contributed by atoms with Crippen LogP contribution in [0.5, 0.6) is 0 Å². The lowest BCUT2D eigenvalue weighted by Crippen LogP contribution is -2.42. The molecule has 21 heavy (non-hydrogen) atoms. The molecule has 3 heteroatoms. The first-order valence-electron chi connectivity index (χ1n) is 8.22. The van der Waals surface area contributed by atoms with Crippen LogP contribution in [0.15, 0.2) is 30.3 Å². The minimum Gasteiger partial charge on any atom is -0.355 e. The average molecular weight is 288 g/mol. The average Bonchev–Trinajstić information content (AvgIpc) is 2.48. The van der Waals surface area contributed by atoms with Gasteiger partial charge in [0.15, 0.2) is 0 Å². The van der Waals surface area contributed by atoms with Gasteiger partial charge in [0, 0.05) is 6.54 Å². The normalized spacial score (nSPS) is 23.5. The minimum absolute atomic E-state index is 0.0253. The predicted molar refractivity (Wildman–Crippen MR) is 86.9 cm³/mol. The van der Waals surface area contributed by atoms with Crippen LogP contribution in [0.3, 0.4) is 0 Å². The highest BCUT2D eigenvalue weighted by Crippen LogP contribution is 2.30. The number of hydrogen-bond donors (Lipinski definition) is 2. The molecule has 0 spiro atoms. The summed E-state index contributed by atoms with van der Waals surface area (Å²) in [5, 5.41) is 3.00. The molecule has 1 aromatic carbocycles. The third-order valence-electron chi connectivity index (χ3n) is 4.53. The third kappa shape index (κ3) is 5.50. The number of carbonyl (C=O) groups is 1. The van der Waals surface area contributed by atoms with Gasteiger partial charge in [0.05, 0.1) is 6.04 Å². The van der Waals surface area contributed by atoms with Crippen molar-refractivity contribution in [3.05, 3.63) is 35.9 Å². The number of carbonyl (C=O) groups excluding carboxylic acids is 1. The molecule has 0 heterocycles. The first kappa shape index (κ1) is 16.0. The van der Waals surface area contributed by atoms with Gasteiger partial charge in [0.1, 0.15) is 0 Å². The molecule has 2 rings (SSSR count). The first-order chi connectivity index (χ1) is 10.1. The topological polar surface area (TPSA) is 55.1 Å². The van der Waals surface area contributed by atoms with Gasteiger partial charge in [-0.25, -0.2) is 0 Å². The fraction of sp³-hybridized carbons (Fsp3) is 0.611. The second kappa shape index (κ2) is 8.18. The van der Waals surface area contributed by atoms with E-state index in [1.165, 1.54) is 25.7 Å². The van der Waals surface area contributed by atoms with Crippen molar-refractivity contribution in [1.82, 2.24) is 5.32 Å². The lowest BCUT2D eigenvalue weighted by molar-refractivity contribution is -0.122. The number of amides is 1. The van der Waals surface area contributed by atoms with Crippen molar-refractivity contribution in [1.29, 1.82) is 0 Å². The highest BCUT2D eigenvalue weighted by molar-refractivity contribution is 5.81. The van der Waals surface area contributed by atoms with E-state index >= 15 is 0 Å². The van der Waals surface area contributed by atoms with E-state index in [-0.39, 0.29) is 5.91 Å². The Kier molecular flexibility index (Phi) is 6.24. The van der Waals surface area contributed by atoms with Crippen molar-refractivity contribution in [3.8, 4) is 0 Å². The van der Waals surface area contributed by atoms with E-state index < -0.39 is 6.04 Å². The van der Waals surface area contributed by atoms with E-state index in [1.807, 2.05) is 30.3 Å². The van der Waals surface area contributed by atoms with E-state index in [9.17, 15) is 4.79 Å². The van der Waals surface area contributed by atoms with Gasteiger partial charge in [0.2, 0.25) is 5.91 Å². The summed E-state index contributed by atoms with van der Waals surface area (Å²) in [7, 11) is 0. The molecule has 0 aromatic heterocycles. The zero-order chi connectivity index (χ0) is 15.1. The molecule has 1 aromatic rings. The number of nitrogens with one attached hydrogen (secondary N) is 1. The molecule has 0 saturated heterocycles. The zero-order valence-electron chi connectivity index (χ0n) is 13.1. The fourth-order valence-electron chi connectivity index (χ4n) is 3.31. The van der Waals surface area contributed by atoms with Crippen LogP contribution >= 0.6 is 0 Å². The molecular formula is C18H28N2O. The van der Waals surface area contributed by atoms with Crippen molar-refractivity contribution in [2.75, 3.05) is 6.54 Å². The largest absolute Gasteiger partial charge is 0.355 e. The second-order valence-corrected chi connectivity index (χ2v) is 6.51. The lowest BCUT2D eigenvalue weighted by atomic mass is 9.81. The molecule has 1 aliphatic carbocycles. The minimum atomic E-state index is -0.447. The third-order valence-corrected chi connectivity index (χ3v) is 4.53. The van der Waals surface area contributed by atoms with E-state index in [4.69, 9.17) is 5.73 Å². The number of benzene rings is 1. The van der Waals surface area contributed by atoms with Crippen molar-refractivity contribution in [2.45, 2.75) is 51.5 Å². The van der Waals surface area contributed by atoms with E-state index in [0.29, 0.717) is 6.42 Å². The van der Waals surface area contributed by atoms with E-state index in [2.05, 4.69) is 12.2 Å². The lowest BCUT2D eigenvalue weighted by Gasteiger charge is -2.26. The molecule has 0 radical (unpaired) electrons. The number of rotatable bonds is 6. The van der Waals surface area contributed by atoms with Crippen LogP contribution in [-0.2, 0) is 11.2 Å². The Balaban J connectivity index is 1.67. The molecule has 3 N–H and O–H groups in total. The molecular weight excluding hydrogens is 260 g/mol. The monoisotopic (exact) mass is 288 g/mol. The van der Waals surface area contributed by atoms with Gasteiger partial charge >= 0.3 is 0 Å². The summed E-state index contributed by atoms with van der Waals surface area (Å²) >= 11 is 0. The van der Waals surface area contributed by atoms with Crippen molar-refractivity contribution in [2.24, 2.45) is 17.6 Å². The first-order valence-corrected chi connectivity index (χ1v) is 8.22. The maximum Gasteiger partial charge on any atom is 0.237 e. The fourth-order valence-corrected chi connectivity index (χ4v) is 3.31. The summed E-state index contributed by atoms with van der Waals surface area (Å²) in [6, 6.07) is 9.50. The Bertz CT molecular complexity index is 432. The van der Waals surface area contributed by atoms with Crippen LogP contribution in [0.1, 0.15) is 44.6 Å². The molecule has 116 valence electrons. The quantitative estimate of drug-likeness (QED) is 0.845. The summed E-state index contributed by atoms with van der Waals surface area (Å²) in [5.74, 6) is 1.60. The zero-order valence-corrected chi connectivity index (χ0v) is 13.1. The Labute approximate surface area is 128 Å². The molecule has 0 aliphatic heterocycles. The van der Waals surface area contributed by atoms with Crippen molar-refractivity contribution in [3.63, 3.8) is 0 Å². The highest BCUT2D eigenvalue weighted by atomic mass is 16.2. The molecule has 1 saturated carbocycles. The molecule has 1 amide bonds. The van der Waals surface area contributed by atoms with E-state index in [0.717, 1.165) is 30.4 Å². The molecule has 3 nitrogen and oxygen atoms in total. The van der Waals surface area contributed by atoms with Gasteiger partial charge in [-0.05, 0) is 36.7 Å². The molecule has 1 fully saturated rings. The standard InChI is InChI=1S/C18H28N2O/c1-14-6-5-9-16(12-14)10-11-20-18(21)17(19)13-15-7-3-2-4-8-15/h2-4,7-8,14,16-17H,5-6,9-13,19H2,1H3,(H,20,21)/t14?,16?,17-/m1/s1. The van der Waals surface area contributed by atoms with Crippen LogP contribution in [0.2, 0.25) is 0 Å². The van der Waals surface area contributed by atoms with Gasteiger partial charge < -0.3 is 11.1 Å². The van der Waals surface area contributed by atoms with Crippen LogP contribution < -0.4 is 11.1 Å². The van der Waals surface area contributed by atoms with E-state index in [1.54, 1.807) is 0 Å². The summed E-state index contributed by atoms with van der Waals surface area (Å²) in [5.41, 5.74) is 7.09. The van der Waals surface area contributed by atoms with Gasteiger partial charge in [0.25, 0.3) is 0 Å². The van der Waals surface area contributed by atoms with Gasteiger partial charge in [-0.3, -0.25) is 4.79 Å². The Morgan fingerprint density at radius 1 is 1.33 bits per heavy atom. The highest BCUT2D eigenvalue weighted by Gasteiger charge is 2.19. The number of nitrogens with two attached hydrogens (primary N) is 1. The van der Waals surface area contributed by atoms with Crippen molar-refractivity contribution >= 4 is 5.91 Å². The smallest absolute Gasteiger partial charge is 0.237 e. The molecule has 0 bridgehead atoms. The summed E-state index contributed by atoms with van der Waals surface area (Å²) in [4.78, 5) is 12.0. The molecule has 1 aliphatic rings. The van der Waals surface area contributed by atoms with Crippen LogP contribution in [-0.4, -0.2) is 18.5 Å².